The summed E-state index contributed by atoms with van der Waals surface area (Å²) in [5, 5.41) is 9.40. The molecule has 1 aliphatic heterocycles. The molecule has 1 fully saturated rings. The molecule has 3 rings (SSSR count). The molecule has 0 bridgehead atoms. The van der Waals surface area contributed by atoms with Gasteiger partial charge >= 0.3 is 0 Å². The Bertz CT molecular complexity index is 993. The van der Waals surface area contributed by atoms with Gasteiger partial charge in [-0.25, -0.2) is 13.9 Å². The number of methoxy groups -OCH3 is 1. The van der Waals surface area contributed by atoms with Gasteiger partial charge in [0, 0.05) is 23.2 Å². The van der Waals surface area contributed by atoms with Crippen molar-refractivity contribution in [3.05, 3.63) is 48.0 Å². The van der Waals surface area contributed by atoms with E-state index in [2.05, 4.69) is 4.84 Å². The van der Waals surface area contributed by atoms with Crippen LogP contribution in [0.4, 0.5) is 0 Å². The standard InChI is InChI=1S/C19H23N3O6S2/c1-27-18-15(28-20)7-8-16(17(18)19(23)21-24)30(25,26)22-11-9-14(10-12-22)29-13-5-3-2-4-6-13/h2-8,14,24H,9-12,20H2,1H3,(H,21,23). The quantitative estimate of drug-likeness (QED) is 0.429. The number of amides is 1. The lowest BCUT2D eigenvalue weighted by atomic mass is 10.1. The van der Waals surface area contributed by atoms with Gasteiger partial charge in [-0.05, 0) is 37.1 Å². The predicted molar refractivity (Wildman–Crippen MR) is 111 cm³/mol. The van der Waals surface area contributed by atoms with Gasteiger partial charge in [-0.3, -0.25) is 10.0 Å². The van der Waals surface area contributed by atoms with Gasteiger partial charge in [0.15, 0.2) is 11.5 Å². The van der Waals surface area contributed by atoms with Crippen molar-refractivity contribution in [2.24, 2.45) is 5.90 Å². The zero-order valence-corrected chi connectivity index (χ0v) is 17.9. The summed E-state index contributed by atoms with van der Waals surface area (Å²) in [5.41, 5.74) is 1.08. The molecule has 1 aliphatic rings. The van der Waals surface area contributed by atoms with Crippen molar-refractivity contribution in [2.75, 3.05) is 20.2 Å². The number of hydrogen-bond donors (Lipinski definition) is 3. The van der Waals surface area contributed by atoms with Crippen LogP contribution in [0.2, 0.25) is 0 Å². The van der Waals surface area contributed by atoms with E-state index in [0.29, 0.717) is 31.2 Å². The normalized spacial score (nSPS) is 15.6. The molecule has 0 unspecified atom stereocenters. The fourth-order valence-corrected chi connectivity index (χ4v) is 6.15. The Morgan fingerprint density at radius 3 is 2.43 bits per heavy atom. The fourth-order valence-electron chi connectivity index (χ4n) is 3.35. The third-order valence-corrected chi connectivity index (χ3v) is 8.10. The summed E-state index contributed by atoms with van der Waals surface area (Å²) in [4.78, 5) is 17.8. The number of carbonyl (C=O) groups is 1. The highest BCUT2D eigenvalue weighted by Gasteiger charge is 2.35. The molecule has 0 atom stereocenters. The Morgan fingerprint density at radius 2 is 1.87 bits per heavy atom. The van der Waals surface area contributed by atoms with Gasteiger partial charge < -0.3 is 9.57 Å². The lowest BCUT2D eigenvalue weighted by Gasteiger charge is -2.31. The zero-order chi connectivity index (χ0) is 21.7. The molecule has 2 aromatic rings. The largest absolute Gasteiger partial charge is 0.492 e. The molecular weight excluding hydrogens is 430 g/mol. The molecule has 2 aromatic carbocycles. The number of sulfonamides is 1. The lowest BCUT2D eigenvalue weighted by molar-refractivity contribution is 0.0698. The van der Waals surface area contributed by atoms with Crippen LogP contribution in [0.25, 0.3) is 0 Å². The molecule has 9 nitrogen and oxygen atoms in total. The van der Waals surface area contributed by atoms with Crippen LogP contribution in [0.15, 0.2) is 52.3 Å². The number of benzene rings is 2. The van der Waals surface area contributed by atoms with Crippen molar-refractivity contribution in [3.8, 4) is 11.5 Å². The van der Waals surface area contributed by atoms with Gasteiger partial charge in [-0.2, -0.15) is 10.2 Å². The average Bonchev–Trinajstić information content (AvgIpc) is 2.78. The summed E-state index contributed by atoms with van der Waals surface area (Å²) in [5.74, 6) is 3.92. The van der Waals surface area contributed by atoms with E-state index in [1.807, 2.05) is 30.3 Å². The van der Waals surface area contributed by atoms with Crippen LogP contribution in [0.3, 0.4) is 0 Å². The van der Waals surface area contributed by atoms with Crippen LogP contribution in [0.1, 0.15) is 23.2 Å². The molecule has 0 spiro atoms. The molecule has 0 radical (unpaired) electrons. The van der Waals surface area contributed by atoms with E-state index in [1.165, 1.54) is 29.0 Å². The Balaban J connectivity index is 1.85. The molecular formula is C19H23N3O6S2. The number of hydroxylamine groups is 1. The van der Waals surface area contributed by atoms with Gasteiger partial charge in [-0.15, -0.1) is 11.8 Å². The van der Waals surface area contributed by atoms with E-state index in [1.54, 1.807) is 11.8 Å². The summed E-state index contributed by atoms with van der Waals surface area (Å²) in [7, 11) is -2.78. The van der Waals surface area contributed by atoms with Crippen LogP contribution in [0, 0.1) is 0 Å². The summed E-state index contributed by atoms with van der Waals surface area (Å²) >= 11 is 1.73. The molecule has 30 heavy (non-hydrogen) atoms. The molecule has 11 heteroatoms. The topological polar surface area (TPSA) is 131 Å². The Kier molecular flexibility index (Phi) is 7.21. The number of rotatable bonds is 7. The fraction of sp³-hybridized carbons (Fsp3) is 0.316. The Labute approximate surface area is 179 Å². The zero-order valence-electron chi connectivity index (χ0n) is 16.3. The summed E-state index contributed by atoms with van der Waals surface area (Å²) in [6.07, 6.45) is 1.34. The summed E-state index contributed by atoms with van der Waals surface area (Å²) in [6, 6.07) is 12.5. The first-order chi connectivity index (χ1) is 14.4. The highest BCUT2D eigenvalue weighted by Crippen LogP contribution is 2.38. The second-order valence-electron chi connectivity index (χ2n) is 6.56. The van der Waals surface area contributed by atoms with E-state index < -0.39 is 15.9 Å². The molecule has 0 aliphatic carbocycles. The number of piperidine rings is 1. The first kappa shape index (κ1) is 22.4. The summed E-state index contributed by atoms with van der Waals surface area (Å²) in [6.45, 7) is 0.620. The number of nitrogens with zero attached hydrogens (tertiary/aromatic N) is 1. The number of hydrogen-bond acceptors (Lipinski definition) is 8. The smallest absolute Gasteiger partial charge is 0.279 e. The van der Waals surface area contributed by atoms with Crippen molar-refractivity contribution >= 4 is 27.7 Å². The minimum atomic E-state index is -4.03. The second kappa shape index (κ2) is 9.67. The maximum absolute atomic E-state index is 13.3. The molecule has 162 valence electrons. The van der Waals surface area contributed by atoms with Crippen LogP contribution in [-0.2, 0) is 10.0 Å². The van der Waals surface area contributed by atoms with Crippen LogP contribution >= 0.6 is 11.8 Å². The van der Waals surface area contributed by atoms with E-state index in [-0.39, 0.29) is 22.0 Å². The third-order valence-electron chi connectivity index (χ3n) is 4.81. The van der Waals surface area contributed by atoms with Crippen LogP contribution in [0.5, 0.6) is 11.5 Å². The van der Waals surface area contributed by atoms with Crippen molar-refractivity contribution in [3.63, 3.8) is 0 Å². The summed E-state index contributed by atoms with van der Waals surface area (Å²) < 4.78 is 33.1. The maximum Gasteiger partial charge on any atom is 0.279 e. The number of thioether (sulfide) groups is 1. The lowest BCUT2D eigenvalue weighted by Crippen LogP contribution is -2.40. The van der Waals surface area contributed by atoms with E-state index in [0.717, 1.165) is 4.90 Å². The van der Waals surface area contributed by atoms with E-state index >= 15 is 0 Å². The Hall–Kier alpha value is -2.31. The van der Waals surface area contributed by atoms with Gasteiger partial charge in [-0.1, -0.05) is 18.2 Å². The van der Waals surface area contributed by atoms with E-state index in [4.69, 9.17) is 15.8 Å². The van der Waals surface area contributed by atoms with Crippen molar-refractivity contribution < 1.29 is 28.0 Å². The van der Waals surface area contributed by atoms with E-state index in [9.17, 15) is 13.2 Å². The Morgan fingerprint density at radius 1 is 1.20 bits per heavy atom. The number of ether oxygens (including phenoxy) is 1. The van der Waals surface area contributed by atoms with Crippen LogP contribution in [-0.4, -0.2) is 49.3 Å². The first-order valence-electron chi connectivity index (χ1n) is 9.16. The molecule has 1 heterocycles. The van der Waals surface area contributed by atoms with Crippen molar-refractivity contribution in [1.82, 2.24) is 9.79 Å². The average molecular weight is 454 g/mol. The predicted octanol–water partition coefficient (Wildman–Crippen LogP) is 2.01. The molecule has 4 N–H and O–H groups in total. The number of nitrogens with two attached hydrogens (primary N) is 1. The molecule has 0 aromatic heterocycles. The third kappa shape index (κ3) is 4.55. The maximum atomic E-state index is 13.3. The molecule has 0 saturated carbocycles. The molecule has 1 amide bonds. The van der Waals surface area contributed by atoms with Gasteiger partial charge in [0.25, 0.3) is 5.91 Å². The first-order valence-corrected chi connectivity index (χ1v) is 11.5. The van der Waals surface area contributed by atoms with Crippen molar-refractivity contribution in [2.45, 2.75) is 27.9 Å². The SMILES string of the molecule is COc1c(ON)ccc(S(=O)(=O)N2CCC(Sc3ccccc3)CC2)c1C(=O)NO. The minimum absolute atomic E-state index is 0.0342. The second-order valence-corrected chi connectivity index (χ2v) is 9.84. The van der Waals surface area contributed by atoms with Gasteiger partial charge in [0.1, 0.15) is 5.56 Å². The highest BCUT2D eigenvalue weighted by atomic mass is 32.2. The highest BCUT2D eigenvalue weighted by molar-refractivity contribution is 8.00. The minimum Gasteiger partial charge on any atom is -0.492 e. The van der Waals surface area contributed by atoms with Gasteiger partial charge in [0.05, 0.1) is 12.0 Å². The van der Waals surface area contributed by atoms with Crippen LogP contribution < -0.4 is 21.0 Å². The molecule has 1 saturated heterocycles. The number of nitrogens with one attached hydrogen (secondary N) is 1. The monoisotopic (exact) mass is 453 g/mol. The van der Waals surface area contributed by atoms with Crippen molar-refractivity contribution in [1.29, 1.82) is 0 Å². The van der Waals surface area contributed by atoms with Gasteiger partial charge in [0.2, 0.25) is 10.0 Å². The number of carbonyl (C=O) groups excluding carboxylic acids is 1.